The molecular formula is C20H8. The molecule has 0 saturated carbocycles. The Kier molecular flexibility index (Phi) is 5.47. The van der Waals surface area contributed by atoms with Crippen LogP contribution in [0.25, 0.3) is 11.5 Å². The first-order valence-electron chi connectivity index (χ1n) is 5.48. The van der Waals surface area contributed by atoms with Crippen molar-refractivity contribution in [3.63, 3.8) is 0 Å². The standard InChI is InChI=1S/C20H8/c1-5-17(6-2)9-11-19-13-15-20(16-14-19)12-10-18(7-3)8-4/h1-4,13-16H. The summed E-state index contributed by atoms with van der Waals surface area (Å²) < 4.78 is 0. The fraction of sp³-hybridized carbons (Fsp3) is 0. The number of benzene rings is 1. The largest absolute Gasteiger partial charge is 0.124 e. The molecule has 0 spiro atoms. The van der Waals surface area contributed by atoms with E-state index in [2.05, 4.69) is 46.6 Å². The predicted molar refractivity (Wildman–Crippen MR) is 81.9 cm³/mol. The van der Waals surface area contributed by atoms with Gasteiger partial charge in [-0.1, -0.05) is 35.1 Å². The van der Waals surface area contributed by atoms with E-state index in [1.165, 1.54) is 0 Å². The minimum Gasteiger partial charge on any atom is -0.113 e. The second-order valence-corrected chi connectivity index (χ2v) is 3.40. The van der Waals surface area contributed by atoms with Crippen molar-refractivity contribution >= 4 is 11.5 Å². The van der Waals surface area contributed by atoms with E-state index in [1.807, 2.05) is 24.3 Å². The average Bonchev–Trinajstić information content (AvgIpc) is 2.50. The molecule has 0 atom stereocenters. The molecule has 0 radical (unpaired) electrons. The van der Waals surface area contributed by atoms with E-state index >= 15 is 0 Å². The molecule has 1 aromatic rings. The van der Waals surface area contributed by atoms with Crippen LogP contribution in [0, 0.1) is 49.4 Å². The van der Waals surface area contributed by atoms with Crippen molar-refractivity contribution in [3.05, 3.63) is 57.3 Å². The Morgan fingerprint density at radius 2 is 0.900 bits per heavy atom. The van der Waals surface area contributed by atoms with Gasteiger partial charge in [0, 0.05) is 10.4 Å². The van der Waals surface area contributed by atoms with Crippen molar-refractivity contribution in [1.29, 1.82) is 0 Å². The summed E-state index contributed by atoms with van der Waals surface area (Å²) in [6, 6.07) is 7.25. The fourth-order valence-corrected chi connectivity index (χ4v) is 1.13. The minimum absolute atomic E-state index is 0.316. The molecule has 0 aliphatic carbocycles. The smallest absolute Gasteiger partial charge is 0.113 e. The first-order chi connectivity index (χ1) is 9.73. The summed E-state index contributed by atoms with van der Waals surface area (Å²) >= 11 is 0. The number of allylic oxidation sites excluding steroid dienone is 2. The first kappa shape index (κ1) is 14.4. The topological polar surface area (TPSA) is 0 Å². The summed E-state index contributed by atoms with van der Waals surface area (Å²) in [5.74, 6) is 9.29. The SMILES string of the molecule is C#CC(=C=C=c1ccc(=C=C=C(C#C)C#C)cc1)C#C. The lowest BCUT2D eigenvalue weighted by Crippen LogP contribution is -2.03. The first-order valence-corrected chi connectivity index (χ1v) is 5.48. The third-order valence-electron chi connectivity index (χ3n) is 2.13. The van der Waals surface area contributed by atoms with Crippen LogP contribution in [0.4, 0.5) is 0 Å². The zero-order valence-electron chi connectivity index (χ0n) is 10.6. The van der Waals surface area contributed by atoms with Crippen molar-refractivity contribution in [2.75, 3.05) is 0 Å². The van der Waals surface area contributed by atoms with Crippen molar-refractivity contribution < 1.29 is 0 Å². The average molecular weight is 248 g/mol. The predicted octanol–water partition coefficient (Wildman–Crippen LogP) is 1.14. The molecule has 0 aliphatic heterocycles. The van der Waals surface area contributed by atoms with Crippen LogP contribution in [0.15, 0.2) is 46.9 Å². The Hall–Kier alpha value is -3.68. The van der Waals surface area contributed by atoms with E-state index in [0.717, 1.165) is 10.4 Å². The van der Waals surface area contributed by atoms with Crippen molar-refractivity contribution in [1.82, 2.24) is 0 Å². The van der Waals surface area contributed by atoms with Crippen LogP contribution in [0.2, 0.25) is 0 Å². The molecule has 20 heavy (non-hydrogen) atoms. The number of hydrogen-bond acceptors (Lipinski definition) is 0. The van der Waals surface area contributed by atoms with Crippen LogP contribution < -0.4 is 10.4 Å². The van der Waals surface area contributed by atoms with Gasteiger partial charge in [-0.05, 0) is 35.7 Å². The molecule has 0 aliphatic rings. The second kappa shape index (κ2) is 7.61. The molecule has 0 amide bonds. The molecule has 0 nitrogen and oxygen atoms in total. The van der Waals surface area contributed by atoms with Crippen LogP contribution in [0.1, 0.15) is 0 Å². The second-order valence-electron chi connectivity index (χ2n) is 3.40. The number of terminal acetylenes is 4. The number of hydrogen-bond donors (Lipinski definition) is 0. The van der Waals surface area contributed by atoms with E-state index in [-0.39, 0.29) is 0 Å². The molecule has 0 saturated heterocycles. The molecule has 0 bridgehead atoms. The van der Waals surface area contributed by atoms with Crippen molar-refractivity contribution in [2.45, 2.75) is 0 Å². The highest BCUT2D eigenvalue weighted by Gasteiger charge is 1.80. The summed E-state index contributed by atoms with van der Waals surface area (Å²) in [6.07, 6.45) is 20.7. The van der Waals surface area contributed by atoms with Crippen LogP contribution in [0.3, 0.4) is 0 Å². The van der Waals surface area contributed by atoms with Crippen LogP contribution in [-0.2, 0) is 0 Å². The fourth-order valence-electron chi connectivity index (χ4n) is 1.13. The number of rotatable bonds is 0. The Bertz CT molecular complexity index is 822. The van der Waals surface area contributed by atoms with Gasteiger partial charge in [-0.15, -0.1) is 25.7 Å². The van der Waals surface area contributed by atoms with E-state index in [9.17, 15) is 0 Å². The molecule has 0 unspecified atom stereocenters. The van der Waals surface area contributed by atoms with Gasteiger partial charge in [0.05, 0.1) is 0 Å². The summed E-state index contributed by atoms with van der Waals surface area (Å²) in [7, 11) is 0. The van der Waals surface area contributed by atoms with Gasteiger partial charge in [-0.2, -0.15) is 0 Å². The Morgan fingerprint density at radius 3 is 1.15 bits per heavy atom. The van der Waals surface area contributed by atoms with Gasteiger partial charge in [0.25, 0.3) is 0 Å². The highest BCUT2D eigenvalue weighted by Crippen LogP contribution is 1.82. The summed E-state index contributed by atoms with van der Waals surface area (Å²) in [5.41, 5.74) is 11.8. The monoisotopic (exact) mass is 248 g/mol. The van der Waals surface area contributed by atoms with Gasteiger partial charge < -0.3 is 0 Å². The van der Waals surface area contributed by atoms with Crippen LogP contribution in [0.5, 0.6) is 0 Å². The van der Waals surface area contributed by atoms with E-state index in [0.29, 0.717) is 11.1 Å². The lowest BCUT2D eigenvalue weighted by molar-refractivity contribution is 1.56. The highest BCUT2D eigenvalue weighted by atomic mass is 13.8. The summed E-state index contributed by atoms with van der Waals surface area (Å²) in [6.45, 7) is 0. The van der Waals surface area contributed by atoms with Crippen LogP contribution in [-0.4, -0.2) is 0 Å². The molecule has 0 fully saturated rings. The Morgan fingerprint density at radius 1 is 0.600 bits per heavy atom. The highest BCUT2D eigenvalue weighted by molar-refractivity contribution is 5.44. The third-order valence-corrected chi connectivity index (χ3v) is 2.13. The van der Waals surface area contributed by atoms with Crippen LogP contribution >= 0.6 is 0 Å². The maximum atomic E-state index is 5.18. The van der Waals surface area contributed by atoms with Crippen molar-refractivity contribution in [3.8, 4) is 49.4 Å². The Labute approximate surface area is 118 Å². The summed E-state index contributed by atoms with van der Waals surface area (Å²) in [4.78, 5) is 0. The van der Waals surface area contributed by atoms with Gasteiger partial charge in [0.2, 0.25) is 0 Å². The van der Waals surface area contributed by atoms with E-state index < -0.39 is 0 Å². The molecule has 0 heteroatoms. The lowest BCUT2D eigenvalue weighted by atomic mass is 10.2. The van der Waals surface area contributed by atoms with Crippen molar-refractivity contribution in [2.24, 2.45) is 0 Å². The van der Waals surface area contributed by atoms with Gasteiger partial charge in [-0.3, -0.25) is 0 Å². The molecule has 0 heterocycles. The normalized spacial score (nSPS) is 7.00. The third kappa shape index (κ3) is 4.30. The molecule has 88 valence electrons. The molecule has 0 N–H and O–H groups in total. The Balaban J connectivity index is 3.52. The van der Waals surface area contributed by atoms with Gasteiger partial charge in [-0.25, -0.2) is 0 Å². The molecular weight excluding hydrogens is 240 g/mol. The molecule has 0 aromatic heterocycles. The summed E-state index contributed by atoms with van der Waals surface area (Å²) in [5, 5.41) is 1.58. The maximum Gasteiger partial charge on any atom is 0.124 e. The maximum absolute atomic E-state index is 5.18. The van der Waals surface area contributed by atoms with Gasteiger partial charge >= 0.3 is 0 Å². The minimum atomic E-state index is 0.316. The molecule has 1 aromatic carbocycles. The zero-order chi connectivity index (χ0) is 14.8. The zero-order valence-corrected chi connectivity index (χ0v) is 10.6. The molecule has 1 rings (SSSR count). The van der Waals surface area contributed by atoms with Gasteiger partial charge in [0.1, 0.15) is 11.1 Å². The quantitative estimate of drug-likeness (QED) is 0.477. The van der Waals surface area contributed by atoms with Gasteiger partial charge in [0.15, 0.2) is 0 Å². The van der Waals surface area contributed by atoms with E-state index in [4.69, 9.17) is 25.7 Å². The lowest BCUT2D eigenvalue weighted by Gasteiger charge is -1.80. The van der Waals surface area contributed by atoms with E-state index in [1.54, 1.807) is 0 Å².